The fourth-order valence-corrected chi connectivity index (χ4v) is 2.81. The number of anilines is 1. The average Bonchev–Trinajstić information content (AvgIpc) is 2.48. The van der Waals surface area contributed by atoms with Gasteiger partial charge >= 0.3 is 7.82 Å². The molecule has 122 valence electrons. The van der Waals surface area contributed by atoms with Gasteiger partial charge in [-0.25, -0.2) is 19.5 Å². The zero-order valence-electron chi connectivity index (χ0n) is 11.2. The van der Waals surface area contributed by atoms with Crippen LogP contribution in [0.4, 0.5) is 5.95 Å². The van der Waals surface area contributed by atoms with E-state index in [0.717, 1.165) is 6.20 Å². The summed E-state index contributed by atoms with van der Waals surface area (Å²) in [6.07, 6.45) is -2.19. The predicted octanol–water partition coefficient (Wildman–Crippen LogP) is -1.87. The number of hydrogen-bond donors (Lipinski definition) is 3. The molecule has 13 heteroatoms. The summed E-state index contributed by atoms with van der Waals surface area (Å²) >= 11 is 0. The number of nitrogens with two attached hydrogens (primary N) is 1. The number of nitrogen functional groups attached to an aromatic ring is 1. The van der Waals surface area contributed by atoms with Crippen LogP contribution in [-0.2, 0) is 13.6 Å². The van der Waals surface area contributed by atoms with Crippen LogP contribution in [0.1, 0.15) is 10.5 Å². The summed E-state index contributed by atoms with van der Waals surface area (Å²) in [5.74, 6) is -2.07. The highest BCUT2D eigenvalue weighted by molar-refractivity contribution is 7.47. The molecule has 4 N–H and O–H groups in total. The average molecular weight is 342 g/mol. The van der Waals surface area contributed by atoms with Gasteiger partial charge in [0.05, 0.1) is 12.8 Å². The van der Waals surface area contributed by atoms with Crippen molar-refractivity contribution in [3.8, 4) is 5.88 Å². The molecule has 12 nitrogen and oxygen atoms in total. The van der Waals surface area contributed by atoms with E-state index in [4.69, 9.17) is 5.73 Å². The molecule has 3 heterocycles. The molecule has 1 aliphatic rings. The van der Waals surface area contributed by atoms with Gasteiger partial charge in [-0.05, 0) is 0 Å². The Kier molecular flexibility index (Phi) is 3.70. The van der Waals surface area contributed by atoms with Crippen LogP contribution in [0.2, 0.25) is 0 Å². The predicted molar refractivity (Wildman–Crippen MR) is 70.0 cm³/mol. The largest absolute Gasteiger partial charge is 0.857 e. The summed E-state index contributed by atoms with van der Waals surface area (Å²) in [7, 11) is -4.45. The summed E-state index contributed by atoms with van der Waals surface area (Å²) in [5.41, 5.74) is 4.52. The molecule has 0 spiro atoms. The van der Waals surface area contributed by atoms with E-state index < -0.39 is 38.3 Å². The van der Waals surface area contributed by atoms with Crippen molar-refractivity contribution in [2.24, 2.45) is 0 Å². The van der Waals surface area contributed by atoms with E-state index >= 15 is 0 Å². The maximum Gasteiger partial charge on any atom is 0.473 e. The van der Waals surface area contributed by atoms with Crippen LogP contribution in [0.3, 0.4) is 0 Å². The maximum atomic E-state index is 12.3. The van der Waals surface area contributed by atoms with E-state index in [1.165, 1.54) is 0 Å². The van der Waals surface area contributed by atoms with Crippen LogP contribution in [0.15, 0.2) is 6.20 Å². The summed E-state index contributed by atoms with van der Waals surface area (Å²) in [6.45, 7) is -0.572. The summed E-state index contributed by atoms with van der Waals surface area (Å²) in [4.78, 5) is 36.1. The number of hydrogen-bond acceptors (Lipinski definition) is 11. The van der Waals surface area contributed by atoms with Gasteiger partial charge in [0.15, 0.2) is 11.8 Å². The number of rotatable bonds is 2. The van der Waals surface area contributed by atoms with Crippen LogP contribution in [0, 0.1) is 0 Å². The zero-order chi connectivity index (χ0) is 16.8. The van der Waals surface area contributed by atoms with Gasteiger partial charge in [-0.1, -0.05) is 0 Å². The number of nitrogens with zero attached hydrogens (tertiary/aromatic N) is 4. The van der Waals surface area contributed by atoms with Crippen LogP contribution < -0.4 is 10.8 Å². The molecule has 0 radical (unpaired) electrons. The molecule has 1 fully saturated rings. The standard InChI is InChI=1S/C10H10N5O7P/c11-10-14-8-5(9(18)15-10)13-3(1-12-8)6(17)7-4(16)2-21-23(19,20)22-7/h1,4,7,16H,2H2,(H,19,20)(H3,11,12,14,15,18)/p-1. The number of aromatic nitrogens is 4. The fourth-order valence-electron chi connectivity index (χ4n) is 1.89. The van der Waals surface area contributed by atoms with Gasteiger partial charge < -0.3 is 20.8 Å². The molecule has 0 aromatic carbocycles. The number of phosphoric ester groups is 1. The summed E-state index contributed by atoms with van der Waals surface area (Å²) in [6, 6.07) is 0. The highest BCUT2D eigenvalue weighted by atomic mass is 31.2. The molecule has 3 unspecified atom stereocenters. The van der Waals surface area contributed by atoms with Crippen molar-refractivity contribution in [2.45, 2.75) is 12.2 Å². The topological polar surface area (TPSA) is 194 Å². The summed E-state index contributed by atoms with van der Waals surface area (Å²) in [5, 5.41) is 21.4. The molecule has 0 bridgehead atoms. The van der Waals surface area contributed by atoms with Crippen molar-refractivity contribution in [3.63, 3.8) is 0 Å². The number of fused-ring (bicyclic) bond motifs is 1. The molecule has 0 saturated carbocycles. The Labute approximate surface area is 127 Å². The minimum atomic E-state index is -4.45. The van der Waals surface area contributed by atoms with Gasteiger partial charge in [0.1, 0.15) is 17.3 Å². The molecule has 23 heavy (non-hydrogen) atoms. The first-order valence-electron chi connectivity index (χ1n) is 6.12. The minimum Gasteiger partial charge on any atom is -0.857 e. The minimum absolute atomic E-state index is 0.111. The number of ketones is 1. The van der Waals surface area contributed by atoms with Gasteiger partial charge in [0, 0.05) is 5.88 Å². The number of carbonyl (C=O) groups excluding carboxylic acids is 1. The van der Waals surface area contributed by atoms with Gasteiger partial charge in [-0.2, -0.15) is 4.98 Å². The van der Waals surface area contributed by atoms with E-state index in [9.17, 15) is 24.5 Å². The van der Waals surface area contributed by atoms with Gasteiger partial charge in [0.2, 0.25) is 11.7 Å². The number of phosphoric acid groups is 1. The van der Waals surface area contributed by atoms with E-state index in [0.29, 0.717) is 0 Å². The molecule has 3 rings (SSSR count). The monoisotopic (exact) mass is 342 g/mol. The SMILES string of the molecule is Nc1nc([O-])c2nc(C(=O)C3OP(=O)(O)OCC3O)cnc2n1. The second-order valence-corrected chi connectivity index (χ2v) is 5.94. The smallest absolute Gasteiger partial charge is 0.473 e. The lowest BCUT2D eigenvalue weighted by molar-refractivity contribution is -0.272. The van der Waals surface area contributed by atoms with Crippen LogP contribution in [-0.4, -0.2) is 54.5 Å². The van der Waals surface area contributed by atoms with E-state index in [1.54, 1.807) is 0 Å². The Hall–Kier alpha value is -2.24. The number of aliphatic hydroxyl groups is 1. The Morgan fingerprint density at radius 1 is 1.43 bits per heavy atom. The Bertz CT molecular complexity index is 846. The normalized spacial score (nSPS) is 27.9. The van der Waals surface area contributed by atoms with Gasteiger partial charge in [0.25, 0.3) is 0 Å². The molecular weight excluding hydrogens is 333 g/mol. The van der Waals surface area contributed by atoms with E-state index in [2.05, 4.69) is 29.0 Å². The quantitative estimate of drug-likeness (QED) is 0.407. The highest BCUT2D eigenvalue weighted by Crippen LogP contribution is 2.48. The highest BCUT2D eigenvalue weighted by Gasteiger charge is 2.42. The Morgan fingerprint density at radius 2 is 2.17 bits per heavy atom. The number of carbonyl (C=O) groups is 1. The molecule has 3 atom stereocenters. The zero-order valence-corrected chi connectivity index (χ0v) is 12.1. The molecule has 1 aliphatic heterocycles. The first-order valence-corrected chi connectivity index (χ1v) is 7.62. The van der Waals surface area contributed by atoms with Crippen molar-refractivity contribution in [1.82, 2.24) is 19.9 Å². The van der Waals surface area contributed by atoms with Gasteiger partial charge in [-0.15, -0.1) is 0 Å². The van der Waals surface area contributed by atoms with Crippen molar-refractivity contribution in [3.05, 3.63) is 11.9 Å². The van der Waals surface area contributed by atoms with E-state index in [-0.39, 0.29) is 22.8 Å². The third-order valence-electron chi connectivity index (χ3n) is 2.91. The maximum absolute atomic E-state index is 12.3. The number of Topliss-reactive ketones (excluding diaryl/α,β-unsaturated/α-hetero) is 1. The van der Waals surface area contributed by atoms with Crippen molar-refractivity contribution in [1.29, 1.82) is 0 Å². The first kappa shape index (κ1) is 15.6. The van der Waals surface area contributed by atoms with Gasteiger partial charge in [-0.3, -0.25) is 13.8 Å². The lowest BCUT2D eigenvalue weighted by atomic mass is 10.1. The third-order valence-corrected chi connectivity index (χ3v) is 3.88. The van der Waals surface area contributed by atoms with E-state index in [1.807, 2.05) is 0 Å². The van der Waals surface area contributed by atoms with Crippen molar-refractivity contribution < 1.29 is 33.5 Å². The fraction of sp³-hybridized carbons (Fsp3) is 0.300. The molecule has 2 aromatic rings. The second-order valence-electron chi connectivity index (χ2n) is 4.54. The Balaban J connectivity index is 1.99. The van der Waals surface area contributed by atoms with Crippen LogP contribution in [0.5, 0.6) is 5.88 Å². The Morgan fingerprint density at radius 3 is 2.91 bits per heavy atom. The van der Waals surface area contributed by atoms with Crippen LogP contribution in [0.25, 0.3) is 11.2 Å². The van der Waals surface area contributed by atoms with Crippen LogP contribution >= 0.6 is 7.82 Å². The summed E-state index contributed by atoms with van der Waals surface area (Å²) < 4.78 is 20.3. The molecule has 1 saturated heterocycles. The van der Waals surface area contributed by atoms with Crippen molar-refractivity contribution >= 4 is 30.7 Å². The lowest BCUT2D eigenvalue weighted by Crippen LogP contribution is -2.42. The molecule has 0 aliphatic carbocycles. The van der Waals surface area contributed by atoms with Crippen molar-refractivity contribution in [2.75, 3.05) is 12.3 Å². The number of aliphatic hydroxyl groups excluding tert-OH is 1. The third kappa shape index (κ3) is 2.98. The lowest BCUT2D eigenvalue weighted by Gasteiger charge is -2.28. The molecule has 0 amide bonds. The molecule has 2 aromatic heterocycles. The second kappa shape index (κ2) is 5.44. The molecular formula is C10H9N5O7P-. The first-order chi connectivity index (χ1) is 10.8.